The molecule has 5 nitrogen and oxygen atoms in total. The van der Waals surface area contributed by atoms with E-state index in [9.17, 15) is 17.6 Å². The van der Waals surface area contributed by atoms with Crippen LogP contribution in [-0.4, -0.2) is 19.1 Å². The Morgan fingerprint density at radius 1 is 1.35 bits per heavy atom. The van der Waals surface area contributed by atoms with Crippen LogP contribution in [-0.2, 0) is 14.8 Å². The number of amides is 1. The van der Waals surface area contributed by atoms with Gasteiger partial charge < -0.3 is 5.73 Å². The number of hydrogen-bond acceptors (Lipinski definition) is 4. The van der Waals surface area contributed by atoms with Crippen molar-refractivity contribution >= 4 is 27.3 Å². The summed E-state index contributed by atoms with van der Waals surface area (Å²) in [7, 11) is -3.73. The summed E-state index contributed by atoms with van der Waals surface area (Å²) in [5.41, 5.74) is 5.20. The Morgan fingerprint density at radius 2 is 1.94 bits per heavy atom. The van der Waals surface area contributed by atoms with Crippen LogP contribution >= 0.6 is 0 Å². The molecule has 1 saturated heterocycles. The number of nitrogen functional groups attached to an aromatic ring is 1. The highest BCUT2D eigenvalue weighted by Crippen LogP contribution is 2.39. The van der Waals surface area contributed by atoms with E-state index in [1.807, 2.05) is 0 Å². The number of nitrogens with two attached hydrogens (primary N) is 1. The first kappa shape index (κ1) is 11.8. The highest BCUT2D eigenvalue weighted by Gasteiger charge is 2.60. The van der Waals surface area contributed by atoms with Crippen molar-refractivity contribution in [2.45, 2.75) is 18.6 Å². The van der Waals surface area contributed by atoms with E-state index in [2.05, 4.69) is 0 Å². The lowest BCUT2D eigenvalue weighted by atomic mass is 10.1. The van der Waals surface area contributed by atoms with Crippen LogP contribution < -0.4 is 10.0 Å². The topological polar surface area (TPSA) is 80.5 Å². The third-order valence-corrected chi connectivity index (χ3v) is 5.12. The molecule has 1 aromatic carbocycles. The molecule has 0 aliphatic carbocycles. The van der Waals surface area contributed by atoms with Gasteiger partial charge in [-0.1, -0.05) is 0 Å². The van der Waals surface area contributed by atoms with Crippen LogP contribution in [0.5, 0.6) is 0 Å². The van der Waals surface area contributed by atoms with E-state index in [1.54, 1.807) is 0 Å². The highest BCUT2D eigenvalue weighted by atomic mass is 32.2. The Labute approximate surface area is 98.1 Å². The smallest absolute Gasteiger partial charge is 0.263 e. The molecule has 0 saturated carbocycles. The quantitative estimate of drug-likeness (QED) is 0.758. The van der Waals surface area contributed by atoms with Gasteiger partial charge in [0.1, 0.15) is 5.82 Å². The number of hydrogen-bond donors (Lipinski definition) is 1. The minimum atomic E-state index is -3.73. The monoisotopic (exact) mass is 258 g/mol. The number of sulfonamides is 1. The van der Waals surface area contributed by atoms with E-state index < -0.39 is 26.5 Å². The molecule has 2 rings (SSSR count). The van der Waals surface area contributed by atoms with Gasteiger partial charge in [0.2, 0.25) is 0 Å². The number of anilines is 2. The molecule has 2 N–H and O–H groups in total. The molecule has 1 amide bonds. The van der Waals surface area contributed by atoms with E-state index in [4.69, 9.17) is 5.73 Å². The van der Waals surface area contributed by atoms with Crippen molar-refractivity contribution in [1.29, 1.82) is 0 Å². The molecule has 0 spiro atoms. The molecule has 1 aromatic rings. The molecule has 0 bridgehead atoms. The van der Waals surface area contributed by atoms with Crippen LogP contribution in [0, 0.1) is 5.82 Å². The number of rotatable bonds is 1. The minimum Gasteiger partial charge on any atom is -0.396 e. The first-order valence-corrected chi connectivity index (χ1v) is 6.28. The van der Waals surface area contributed by atoms with E-state index in [1.165, 1.54) is 19.9 Å². The third kappa shape index (κ3) is 1.35. The SMILES string of the molecule is CC1(C)C(=O)N(c2ccc(F)c(N)c2)S1(=O)=O. The summed E-state index contributed by atoms with van der Waals surface area (Å²) in [6.07, 6.45) is 0. The summed E-state index contributed by atoms with van der Waals surface area (Å²) in [6, 6.07) is 3.36. The lowest BCUT2D eigenvalue weighted by Crippen LogP contribution is -2.67. The molecule has 1 heterocycles. The zero-order valence-corrected chi connectivity index (χ0v) is 10.1. The maximum Gasteiger partial charge on any atom is 0.263 e. The van der Waals surface area contributed by atoms with Gasteiger partial charge in [-0.25, -0.2) is 17.1 Å². The standard InChI is InChI=1S/C10H11FN2O3S/c1-10(2)9(14)13(17(10,15)16)6-3-4-7(11)8(12)5-6/h3-5H,12H2,1-2H3. The average Bonchev–Trinajstić information content (AvgIpc) is 2.23. The van der Waals surface area contributed by atoms with Crippen molar-refractivity contribution in [3.05, 3.63) is 24.0 Å². The number of carbonyl (C=O) groups is 1. The molecule has 1 aliphatic heterocycles. The molecular weight excluding hydrogens is 247 g/mol. The molecule has 0 radical (unpaired) electrons. The Balaban J connectivity index is 2.51. The Kier molecular flexibility index (Phi) is 2.22. The molecule has 17 heavy (non-hydrogen) atoms. The van der Waals surface area contributed by atoms with Crippen molar-refractivity contribution in [2.75, 3.05) is 10.0 Å². The van der Waals surface area contributed by atoms with Crippen molar-refractivity contribution < 1.29 is 17.6 Å². The molecular formula is C10H11FN2O3S. The van der Waals surface area contributed by atoms with Crippen molar-refractivity contribution in [2.24, 2.45) is 0 Å². The largest absolute Gasteiger partial charge is 0.396 e. The highest BCUT2D eigenvalue weighted by molar-refractivity contribution is 7.98. The van der Waals surface area contributed by atoms with E-state index in [0.717, 1.165) is 12.1 Å². The lowest BCUT2D eigenvalue weighted by molar-refractivity contribution is -0.120. The van der Waals surface area contributed by atoms with Crippen LogP contribution in [0.2, 0.25) is 0 Å². The second-order valence-electron chi connectivity index (χ2n) is 4.29. The van der Waals surface area contributed by atoms with Gasteiger partial charge in [-0.2, -0.15) is 0 Å². The summed E-state index contributed by atoms with van der Waals surface area (Å²) in [5.74, 6) is -1.21. The van der Waals surface area contributed by atoms with Gasteiger partial charge >= 0.3 is 0 Å². The van der Waals surface area contributed by atoms with E-state index >= 15 is 0 Å². The van der Waals surface area contributed by atoms with Crippen LogP contribution in [0.1, 0.15) is 13.8 Å². The average molecular weight is 258 g/mol. The summed E-state index contributed by atoms with van der Waals surface area (Å²) in [5, 5.41) is 0. The van der Waals surface area contributed by atoms with Gasteiger partial charge in [-0.05, 0) is 32.0 Å². The number of halogens is 1. The molecule has 0 aromatic heterocycles. The van der Waals surface area contributed by atoms with Crippen LogP contribution in [0.25, 0.3) is 0 Å². The number of nitrogens with zero attached hydrogens (tertiary/aromatic N) is 1. The van der Waals surface area contributed by atoms with Gasteiger partial charge in [0, 0.05) is 0 Å². The van der Waals surface area contributed by atoms with E-state index in [0.29, 0.717) is 4.31 Å². The summed E-state index contributed by atoms with van der Waals surface area (Å²) >= 11 is 0. The first-order valence-electron chi connectivity index (χ1n) is 4.84. The fraction of sp³-hybridized carbons (Fsp3) is 0.300. The maximum absolute atomic E-state index is 12.9. The molecule has 1 fully saturated rings. The Morgan fingerprint density at radius 3 is 2.41 bits per heavy atom. The first-order chi connectivity index (χ1) is 7.69. The zero-order chi connectivity index (χ0) is 13.0. The second-order valence-corrected chi connectivity index (χ2v) is 6.63. The third-order valence-electron chi connectivity index (χ3n) is 2.80. The van der Waals surface area contributed by atoms with Crippen LogP contribution in [0.4, 0.5) is 15.8 Å². The number of carbonyl (C=O) groups excluding carboxylic acids is 1. The molecule has 7 heteroatoms. The van der Waals surface area contributed by atoms with Crippen LogP contribution in [0.15, 0.2) is 18.2 Å². The molecule has 0 unspecified atom stereocenters. The summed E-state index contributed by atoms with van der Waals surface area (Å²) in [6.45, 7) is 2.65. The predicted octanol–water partition coefficient (Wildman–Crippen LogP) is 0.863. The zero-order valence-electron chi connectivity index (χ0n) is 9.27. The number of benzene rings is 1. The fourth-order valence-corrected chi connectivity index (χ4v) is 3.04. The Bertz CT molecular complexity index is 610. The maximum atomic E-state index is 12.9. The molecule has 0 atom stereocenters. The van der Waals surface area contributed by atoms with Crippen molar-refractivity contribution in [3.63, 3.8) is 0 Å². The van der Waals surface area contributed by atoms with Gasteiger partial charge in [0.05, 0.1) is 11.4 Å². The van der Waals surface area contributed by atoms with Gasteiger partial charge in [-0.3, -0.25) is 4.79 Å². The fourth-order valence-electron chi connectivity index (χ4n) is 1.57. The van der Waals surface area contributed by atoms with Gasteiger partial charge in [0.25, 0.3) is 15.9 Å². The van der Waals surface area contributed by atoms with Crippen molar-refractivity contribution in [1.82, 2.24) is 0 Å². The predicted molar refractivity (Wildman–Crippen MR) is 61.3 cm³/mol. The van der Waals surface area contributed by atoms with E-state index in [-0.39, 0.29) is 11.4 Å². The summed E-state index contributed by atoms with van der Waals surface area (Å²) < 4.78 is 35.9. The summed E-state index contributed by atoms with van der Waals surface area (Å²) in [4.78, 5) is 11.7. The second kappa shape index (κ2) is 3.19. The van der Waals surface area contributed by atoms with Crippen molar-refractivity contribution in [3.8, 4) is 0 Å². The van der Waals surface area contributed by atoms with Gasteiger partial charge in [0.15, 0.2) is 4.75 Å². The van der Waals surface area contributed by atoms with Crippen LogP contribution in [0.3, 0.4) is 0 Å². The normalized spacial score (nSPS) is 21.1. The molecule has 92 valence electrons. The van der Waals surface area contributed by atoms with Gasteiger partial charge in [-0.15, -0.1) is 0 Å². The minimum absolute atomic E-state index is 0.0632. The Hall–Kier alpha value is -1.63. The molecule has 1 aliphatic rings. The lowest BCUT2D eigenvalue weighted by Gasteiger charge is -2.42.